The molecule has 2 atom stereocenters. The van der Waals surface area contributed by atoms with Crippen LogP contribution in [-0.4, -0.2) is 24.1 Å². The van der Waals surface area contributed by atoms with Gasteiger partial charge in [0.1, 0.15) is 12.2 Å². The molecule has 0 rings (SSSR count). The van der Waals surface area contributed by atoms with Gasteiger partial charge in [-0.1, -0.05) is 41.0 Å². The lowest BCUT2D eigenvalue weighted by Crippen LogP contribution is -2.24. The monoisotopic (exact) mass is 300 g/mol. The number of hydrogen-bond acceptors (Lipinski definition) is 4. The molecule has 0 saturated carbocycles. The molecule has 2 unspecified atom stereocenters. The molecule has 0 bridgehead atoms. The molecule has 0 aliphatic carbocycles. The van der Waals surface area contributed by atoms with Crippen LogP contribution < -0.4 is 0 Å². The minimum Gasteiger partial charge on any atom is -0.462 e. The van der Waals surface area contributed by atoms with Crippen LogP contribution in [0.15, 0.2) is 0 Å². The van der Waals surface area contributed by atoms with Gasteiger partial charge in [0.2, 0.25) is 0 Å². The second-order valence-corrected chi connectivity index (χ2v) is 6.35. The number of hydrogen-bond donors (Lipinski definition) is 0. The van der Waals surface area contributed by atoms with Gasteiger partial charge in [0.15, 0.2) is 0 Å². The molecular weight excluding hydrogens is 268 g/mol. The molecule has 0 heterocycles. The Morgan fingerprint density at radius 1 is 0.857 bits per heavy atom. The average Bonchev–Trinajstić information content (AvgIpc) is 2.37. The van der Waals surface area contributed by atoms with Crippen LogP contribution in [0, 0.1) is 11.8 Å². The second-order valence-electron chi connectivity index (χ2n) is 6.35. The molecule has 4 nitrogen and oxygen atoms in total. The molecule has 124 valence electrons. The molecule has 0 saturated heterocycles. The van der Waals surface area contributed by atoms with Gasteiger partial charge >= 0.3 is 11.9 Å². The van der Waals surface area contributed by atoms with Crippen molar-refractivity contribution in [1.29, 1.82) is 0 Å². The van der Waals surface area contributed by atoms with Crippen LogP contribution >= 0.6 is 0 Å². The van der Waals surface area contributed by atoms with E-state index in [9.17, 15) is 9.59 Å². The molecule has 0 aromatic heterocycles. The van der Waals surface area contributed by atoms with E-state index in [0.717, 1.165) is 12.8 Å². The smallest absolute Gasteiger partial charge is 0.306 e. The molecule has 0 amide bonds. The van der Waals surface area contributed by atoms with Crippen molar-refractivity contribution in [1.82, 2.24) is 0 Å². The van der Waals surface area contributed by atoms with Crippen molar-refractivity contribution < 1.29 is 19.1 Å². The summed E-state index contributed by atoms with van der Waals surface area (Å²) >= 11 is 0. The molecule has 0 aromatic carbocycles. The van der Waals surface area contributed by atoms with Crippen molar-refractivity contribution in [3.63, 3.8) is 0 Å². The maximum Gasteiger partial charge on any atom is 0.306 e. The molecule has 21 heavy (non-hydrogen) atoms. The van der Waals surface area contributed by atoms with Gasteiger partial charge in [0, 0.05) is 12.8 Å². The molecule has 0 fully saturated rings. The number of esters is 2. The topological polar surface area (TPSA) is 52.6 Å². The van der Waals surface area contributed by atoms with E-state index in [2.05, 4.69) is 20.8 Å². The van der Waals surface area contributed by atoms with E-state index in [0.29, 0.717) is 18.3 Å². The Balaban J connectivity index is 3.95. The first-order valence-electron chi connectivity index (χ1n) is 8.16. The van der Waals surface area contributed by atoms with Crippen LogP contribution in [0.5, 0.6) is 0 Å². The Kier molecular flexibility index (Phi) is 10.1. The van der Waals surface area contributed by atoms with Crippen LogP contribution in [-0.2, 0) is 19.1 Å². The summed E-state index contributed by atoms with van der Waals surface area (Å²) in [4.78, 5) is 23.4. The lowest BCUT2D eigenvalue weighted by Gasteiger charge is -2.20. The van der Waals surface area contributed by atoms with E-state index < -0.39 is 0 Å². The van der Waals surface area contributed by atoms with Crippen LogP contribution in [0.25, 0.3) is 0 Å². The Hall–Kier alpha value is -1.06. The number of ether oxygens (including phenoxy) is 2. The first-order chi connectivity index (χ1) is 9.77. The van der Waals surface area contributed by atoms with Gasteiger partial charge in [0.25, 0.3) is 0 Å². The SMILES string of the molecule is CCCC(OC(=O)CCCC(=O)OC(C)C(C)C)C(C)C. The molecular formula is C17H32O4. The summed E-state index contributed by atoms with van der Waals surface area (Å²) in [5.74, 6) is 0.176. The highest BCUT2D eigenvalue weighted by molar-refractivity contribution is 5.72. The quantitative estimate of drug-likeness (QED) is 0.570. The number of rotatable bonds is 10. The van der Waals surface area contributed by atoms with Gasteiger partial charge in [-0.2, -0.15) is 0 Å². The van der Waals surface area contributed by atoms with Crippen molar-refractivity contribution in [3.05, 3.63) is 0 Å². The van der Waals surface area contributed by atoms with Crippen molar-refractivity contribution in [2.75, 3.05) is 0 Å². The fourth-order valence-electron chi connectivity index (χ4n) is 1.82. The standard InChI is InChI=1S/C17H32O4/c1-7-9-15(13(4)5)21-17(19)11-8-10-16(18)20-14(6)12(2)3/h12-15H,7-11H2,1-6H3. The van der Waals surface area contributed by atoms with Gasteiger partial charge in [-0.15, -0.1) is 0 Å². The van der Waals surface area contributed by atoms with Gasteiger partial charge < -0.3 is 9.47 Å². The predicted octanol–water partition coefficient (Wildman–Crippen LogP) is 4.11. The van der Waals surface area contributed by atoms with Crippen LogP contribution in [0.1, 0.15) is 73.6 Å². The van der Waals surface area contributed by atoms with E-state index in [-0.39, 0.29) is 37.0 Å². The van der Waals surface area contributed by atoms with Gasteiger partial charge in [-0.25, -0.2) is 0 Å². The molecule has 0 aliphatic rings. The minimum atomic E-state index is -0.238. The maximum atomic E-state index is 11.8. The summed E-state index contributed by atoms with van der Waals surface area (Å²) in [5.41, 5.74) is 0. The van der Waals surface area contributed by atoms with Gasteiger partial charge in [-0.05, 0) is 31.6 Å². The van der Waals surface area contributed by atoms with E-state index in [1.807, 2.05) is 20.8 Å². The van der Waals surface area contributed by atoms with Crippen LogP contribution in [0.4, 0.5) is 0 Å². The zero-order chi connectivity index (χ0) is 16.4. The normalized spacial score (nSPS) is 14.1. The second kappa shape index (κ2) is 10.6. The van der Waals surface area contributed by atoms with Crippen LogP contribution in [0.2, 0.25) is 0 Å². The third-order valence-corrected chi connectivity index (χ3v) is 3.62. The van der Waals surface area contributed by atoms with Crippen molar-refractivity contribution in [2.24, 2.45) is 11.8 Å². The molecule has 0 spiro atoms. The fourth-order valence-corrected chi connectivity index (χ4v) is 1.82. The minimum absolute atomic E-state index is 0.0181. The summed E-state index contributed by atoms with van der Waals surface area (Å²) in [7, 11) is 0. The van der Waals surface area contributed by atoms with E-state index >= 15 is 0 Å². The third kappa shape index (κ3) is 9.48. The molecule has 0 aliphatic heterocycles. The summed E-state index contributed by atoms with van der Waals surface area (Å²) in [6.45, 7) is 12.1. The predicted molar refractivity (Wildman–Crippen MR) is 83.9 cm³/mol. The Labute approximate surface area is 129 Å². The lowest BCUT2D eigenvalue weighted by molar-refractivity contribution is -0.153. The highest BCUT2D eigenvalue weighted by atomic mass is 16.5. The summed E-state index contributed by atoms with van der Waals surface area (Å²) in [6.07, 6.45) is 2.81. The van der Waals surface area contributed by atoms with Gasteiger partial charge in [0.05, 0.1) is 0 Å². The number of carbonyl (C=O) groups is 2. The van der Waals surface area contributed by atoms with E-state index in [4.69, 9.17) is 9.47 Å². The Morgan fingerprint density at radius 3 is 1.81 bits per heavy atom. The van der Waals surface area contributed by atoms with Gasteiger partial charge in [-0.3, -0.25) is 9.59 Å². The first-order valence-corrected chi connectivity index (χ1v) is 8.16. The van der Waals surface area contributed by atoms with E-state index in [1.165, 1.54) is 0 Å². The molecule has 0 N–H and O–H groups in total. The average molecular weight is 300 g/mol. The molecule has 0 aromatic rings. The summed E-state index contributed by atoms with van der Waals surface area (Å²) in [5, 5.41) is 0. The third-order valence-electron chi connectivity index (χ3n) is 3.62. The molecule has 4 heteroatoms. The molecule has 0 radical (unpaired) electrons. The van der Waals surface area contributed by atoms with Crippen molar-refractivity contribution in [3.8, 4) is 0 Å². The zero-order valence-corrected chi connectivity index (χ0v) is 14.5. The fraction of sp³-hybridized carbons (Fsp3) is 0.882. The Bertz CT molecular complexity index is 310. The Morgan fingerprint density at radius 2 is 1.38 bits per heavy atom. The summed E-state index contributed by atoms with van der Waals surface area (Å²) in [6, 6.07) is 0. The maximum absolute atomic E-state index is 11.8. The van der Waals surface area contributed by atoms with E-state index in [1.54, 1.807) is 0 Å². The van der Waals surface area contributed by atoms with Crippen molar-refractivity contribution >= 4 is 11.9 Å². The van der Waals surface area contributed by atoms with Crippen LogP contribution in [0.3, 0.4) is 0 Å². The first kappa shape index (κ1) is 19.9. The highest BCUT2D eigenvalue weighted by Crippen LogP contribution is 2.15. The zero-order valence-electron chi connectivity index (χ0n) is 14.5. The largest absolute Gasteiger partial charge is 0.462 e. The highest BCUT2D eigenvalue weighted by Gasteiger charge is 2.18. The summed E-state index contributed by atoms with van der Waals surface area (Å²) < 4.78 is 10.7. The van der Waals surface area contributed by atoms with Crippen molar-refractivity contribution in [2.45, 2.75) is 85.9 Å². The number of carbonyl (C=O) groups excluding carboxylic acids is 2. The lowest BCUT2D eigenvalue weighted by atomic mass is 10.0.